The summed E-state index contributed by atoms with van der Waals surface area (Å²) in [5.74, 6) is 0.872. The number of hydrogen-bond donors (Lipinski definition) is 1. The average molecular weight is 253 g/mol. The topological polar surface area (TPSA) is 23.5 Å². The van der Waals surface area contributed by atoms with Crippen LogP contribution in [0.15, 0.2) is 0 Å². The Hall–Kier alpha value is -0.0800. The molecule has 0 aliphatic heterocycles. The molecule has 0 amide bonds. The van der Waals surface area contributed by atoms with Crippen molar-refractivity contribution >= 4 is 0 Å². The first-order valence-electron chi connectivity index (χ1n) is 8.08. The summed E-state index contributed by atoms with van der Waals surface area (Å²) >= 11 is 0. The fraction of sp³-hybridized carbons (Fsp3) is 1.00. The molecule has 2 fully saturated rings. The number of hydrogen-bond acceptors (Lipinski definition) is 2. The highest BCUT2D eigenvalue weighted by Crippen LogP contribution is 2.30. The molecule has 4 atom stereocenters. The Kier molecular flexibility index (Phi) is 5.50. The van der Waals surface area contributed by atoms with Crippen LogP contribution >= 0.6 is 0 Å². The zero-order valence-corrected chi connectivity index (χ0v) is 12.3. The SMILES string of the molecule is CC1CCCC(N(C)C2CCCCCCC2O)C1. The maximum absolute atomic E-state index is 10.4. The van der Waals surface area contributed by atoms with Crippen LogP contribution in [0.1, 0.15) is 71.1 Å². The van der Waals surface area contributed by atoms with Crippen LogP contribution in [0.4, 0.5) is 0 Å². The molecule has 2 aliphatic carbocycles. The highest BCUT2D eigenvalue weighted by atomic mass is 16.3. The van der Waals surface area contributed by atoms with E-state index in [0.29, 0.717) is 12.1 Å². The monoisotopic (exact) mass is 253 g/mol. The molecule has 2 heteroatoms. The van der Waals surface area contributed by atoms with E-state index >= 15 is 0 Å². The van der Waals surface area contributed by atoms with Gasteiger partial charge in [-0.15, -0.1) is 0 Å². The molecule has 0 spiro atoms. The Bertz CT molecular complexity index is 243. The molecule has 0 aromatic rings. The van der Waals surface area contributed by atoms with Crippen molar-refractivity contribution in [3.8, 4) is 0 Å². The van der Waals surface area contributed by atoms with Crippen molar-refractivity contribution in [3.05, 3.63) is 0 Å². The van der Waals surface area contributed by atoms with E-state index < -0.39 is 0 Å². The summed E-state index contributed by atoms with van der Waals surface area (Å²) in [6, 6.07) is 1.13. The predicted molar refractivity (Wildman–Crippen MR) is 76.7 cm³/mol. The minimum atomic E-state index is -0.0902. The van der Waals surface area contributed by atoms with Crippen LogP contribution < -0.4 is 0 Å². The maximum atomic E-state index is 10.4. The van der Waals surface area contributed by atoms with Gasteiger partial charge in [0.15, 0.2) is 0 Å². The molecule has 2 nitrogen and oxygen atoms in total. The molecule has 0 radical (unpaired) electrons. The largest absolute Gasteiger partial charge is 0.391 e. The number of aliphatic hydroxyl groups excluding tert-OH is 1. The number of rotatable bonds is 2. The molecule has 0 saturated heterocycles. The minimum absolute atomic E-state index is 0.0902. The van der Waals surface area contributed by atoms with Gasteiger partial charge in [0.05, 0.1) is 6.10 Å². The maximum Gasteiger partial charge on any atom is 0.0695 e. The van der Waals surface area contributed by atoms with E-state index in [-0.39, 0.29) is 6.10 Å². The first-order chi connectivity index (χ1) is 8.68. The van der Waals surface area contributed by atoms with Gasteiger partial charge in [-0.3, -0.25) is 4.90 Å². The van der Waals surface area contributed by atoms with Crippen molar-refractivity contribution in [1.82, 2.24) is 4.90 Å². The molecule has 2 aliphatic rings. The fourth-order valence-corrected chi connectivity index (χ4v) is 3.96. The summed E-state index contributed by atoms with van der Waals surface area (Å²) in [5.41, 5.74) is 0. The van der Waals surface area contributed by atoms with Gasteiger partial charge in [0.25, 0.3) is 0 Å². The third-order valence-corrected chi connectivity index (χ3v) is 5.20. The molecule has 18 heavy (non-hydrogen) atoms. The second-order valence-electron chi connectivity index (χ2n) is 6.72. The van der Waals surface area contributed by atoms with Crippen LogP contribution in [-0.2, 0) is 0 Å². The molecule has 0 heterocycles. The summed E-state index contributed by atoms with van der Waals surface area (Å²) in [4.78, 5) is 2.53. The Morgan fingerprint density at radius 2 is 1.61 bits per heavy atom. The van der Waals surface area contributed by atoms with Crippen molar-refractivity contribution in [2.75, 3.05) is 7.05 Å². The summed E-state index contributed by atoms with van der Waals surface area (Å²) in [6.45, 7) is 2.38. The van der Waals surface area contributed by atoms with Gasteiger partial charge >= 0.3 is 0 Å². The smallest absolute Gasteiger partial charge is 0.0695 e. The molecular formula is C16H31NO. The third kappa shape index (κ3) is 3.71. The Balaban J connectivity index is 1.93. The van der Waals surface area contributed by atoms with Gasteiger partial charge in [-0.1, -0.05) is 45.4 Å². The van der Waals surface area contributed by atoms with Gasteiger partial charge in [-0.25, -0.2) is 0 Å². The van der Waals surface area contributed by atoms with Crippen molar-refractivity contribution < 1.29 is 5.11 Å². The van der Waals surface area contributed by atoms with E-state index in [2.05, 4.69) is 18.9 Å². The van der Waals surface area contributed by atoms with Gasteiger partial charge in [-0.2, -0.15) is 0 Å². The lowest BCUT2D eigenvalue weighted by Gasteiger charge is -2.41. The highest BCUT2D eigenvalue weighted by Gasteiger charge is 2.31. The van der Waals surface area contributed by atoms with E-state index in [1.165, 1.54) is 57.8 Å². The van der Waals surface area contributed by atoms with Crippen molar-refractivity contribution in [2.24, 2.45) is 5.92 Å². The van der Waals surface area contributed by atoms with Gasteiger partial charge < -0.3 is 5.11 Å². The summed E-state index contributed by atoms with van der Waals surface area (Å²) < 4.78 is 0. The second kappa shape index (κ2) is 6.91. The van der Waals surface area contributed by atoms with E-state index in [1.54, 1.807) is 0 Å². The lowest BCUT2D eigenvalue weighted by Crippen LogP contribution is -2.48. The van der Waals surface area contributed by atoms with Gasteiger partial charge in [0.2, 0.25) is 0 Å². The molecule has 1 N–H and O–H groups in total. The standard InChI is InChI=1S/C16H31NO/c1-13-8-7-9-14(12-13)17(2)15-10-5-3-4-6-11-16(15)18/h13-16,18H,3-12H2,1-2H3. The molecule has 106 valence electrons. The summed E-state index contributed by atoms with van der Waals surface area (Å²) in [5, 5.41) is 10.4. The quantitative estimate of drug-likeness (QED) is 0.813. The van der Waals surface area contributed by atoms with Crippen LogP contribution in [0, 0.1) is 5.92 Å². The predicted octanol–water partition coefficient (Wildman–Crippen LogP) is 3.58. The average Bonchev–Trinajstić information content (AvgIpc) is 2.34. The zero-order valence-electron chi connectivity index (χ0n) is 12.3. The zero-order chi connectivity index (χ0) is 13.0. The second-order valence-corrected chi connectivity index (χ2v) is 6.72. The van der Waals surface area contributed by atoms with Crippen LogP contribution in [0.25, 0.3) is 0 Å². The lowest BCUT2D eigenvalue weighted by molar-refractivity contribution is 0.0105. The van der Waals surface area contributed by atoms with E-state index in [1.807, 2.05) is 0 Å². The summed E-state index contributed by atoms with van der Waals surface area (Å²) in [6.07, 6.45) is 12.8. The fourth-order valence-electron chi connectivity index (χ4n) is 3.96. The summed E-state index contributed by atoms with van der Waals surface area (Å²) in [7, 11) is 2.26. The molecule has 4 unspecified atom stereocenters. The molecular weight excluding hydrogens is 222 g/mol. The van der Waals surface area contributed by atoms with Gasteiger partial charge in [0.1, 0.15) is 0 Å². The highest BCUT2D eigenvalue weighted by molar-refractivity contribution is 4.86. The van der Waals surface area contributed by atoms with Crippen molar-refractivity contribution in [2.45, 2.75) is 89.3 Å². The van der Waals surface area contributed by atoms with Crippen LogP contribution in [0.3, 0.4) is 0 Å². The number of aliphatic hydroxyl groups is 1. The van der Waals surface area contributed by atoms with Gasteiger partial charge in [-0.05, 0) is 38.6 Å². The Morgan fingerprint density at radius 3 is 2.33 bits per heavy atom. The first kappa shape index (κ1) is 14.3. The van der Waals surface area contributed by atoms with Crippen LogP contribution in [0.2, 0.25) is 0 Å². The molecule has 2 saturated carbocycles. The molecule has 0 aromatic heterocycles. The van der Waals surface area contributed by atoms with Crippen LogP contribution in [-0.4, -0.2) is 35.2 Å². The number of nitrogens with zero attached hydrogens (tertiary/aromatic N) is 1. The molecule has 2 rings (SSSR count). The lowest BCUT2D eigenvalue weighted by atomic mass is 9.84. The van der Waals surface area contributed by atoms with E-state index in [4.69, 9.17) is 0 Å². The van der Waals surface area contributed by atoms with Gasteiger partial charge in [0, 0.05) is 12.1 Å². The Labute approximate surface area is 113 Å². The number of likely N-dealkylation sites (N-methyl/N-ethyl adjacent to an activating group) is 1. The first-order valence-corrected chi connectivity index (χ1v) is 8.08. The van der Waals surface area contributed by atoms with E-state index in [0.717, 1.165) is 12.3 Å². The van der Waals surface area contributed by atoms with E-state index in [9.17, 15) is 5.11 Å². The normalized spacial score (nSPS) is 39.3. The van der Waals surface area contributed by atoms with Crippen molar-refractivity contribution in [3.63, 3.8) is 0 Å². The van der Waals surface area contributed by atoms with Crippen LogP contribution in [0.5, 0.6) is 0 Å². The minimum Gasteiger partial charge on any atom is -0.391 e. The third-order valence-electron chi connectivity index (χ3n) is 5.20. The van der Waals surface area contributed by atoms with Crippen molar-refractivity contribution in [1.29, 1.82) is 0 Å². The molecule has 0 bridgehead atoms. The Morgan fingerprint density at radius 1 is 0.889 bits per heavy atom. The molecule has 0 aromatic carbocycles.